The lowest BCUT2D eigenvalue weighted by molar-refractivity contribution is -0.154. The minimum atomic E-state index is -0.949. The summed E-state index contributed by atoms with van der Waals surface area (Å²) in [5.74, 6) is -2.34. The van der Waals surface area contributed by atoms with Crippen molar-refractivity contribution in [2.75, 3.05) is 31.2 Å². The van der Waals surface area contributed by atoms with Gasteiger partial charge in [-0.3, -0.25) is 14.4 Å². The third-order valence-electron chi connectivity index (χ3n) is 7.77. The number of aryl methyl sites for hydroxylation is 1. The summed E-state index contributed by atoms with van der Waals surface area (Å²) in [4.78, 5) is 45.1. The van der Waals surface area contributed by atoms with Gasteiger partial charge in [0.05, 0.1) is 33.9 Å². The summed E-state index contributed by atoms with van der Waals surface area (Å²) in [7, 11) is 0. The molecule has 2 fully saturated rings. The van der Waals surface area contributed by atoms with Gasteiger partial charge < -0.3 is 19.6 Å². The molecular formula is C27H31ClN2O5S. The van der Waals surface area contributed by atoms with Crippen LogP contribution >= 0.6 is 23.4 Å². The number of nitrogens with zero attached hydrogens (tertiary/aromatic N) is 2. The maximum atomic E-state index is 14.4. The minimum Gasteiger partial charge on any atom is -0.465 e. The van der Waals surface area contributed by atoms with Gasteiger partial charge in [-0.1, -0.05) is 48.0 Å². The first-order chi connectivity index (χ1) is 17.2. The fraction of sp³-hybridized carbons (Fsp3) is 0.519. The van der Waals surface area contributed by atoms with Crippen molar-refractivity contribution in [1.82, 2.24) is 4.90 Å². The summed E-state index contributed by atoms with van der Waals surface area (Å²) in [5.41, 5.74) is 1.48. The smallest absolute Gasteiger partial charge is 0.311 e. The van der Waals surface area contributed by atoms with Crippen LogP contribution in [0.1, 0.15) is 31.7 Å². The maximum absolute atomic E-state index is 14.4. The number of carbonyl (C=O) groups excluding carboxylic acids is 3. The maximum Gasteiger partial charge on any atom is 0.311 e. The number of anilines is 1. The van der Waals surface area contributed by atoms with Gasteiger partial charge in [0.15, 0.2) is 0 Å². The van der Waals surface area contributed by atoms with Crippen molar-refractivity contribution in [2.45, 2.75) is 48.6 Å². The molecule has 1 aromatic rings. The van der Waals surface area contributed by atoms with E-state index in [0.717, 1.165) is 18.4 Å². The number of amides is 2. The Morgan fingerprint density at radius 2 is 1.97 bits per heavy atom. The second-order valence-corrected chi connectivity index (χ2v) is 12.3. The Hall–Kier alpha value is -2.29. The van der Waals surface area contributed by atoms with E-state index in [-0.39, 0.29) is 25.0 Å². The molecule has 2 amide bonds. The monoisotopic (exact) mass is 530 g/mol. The number of hydrogen-bond donors (Lipinski definition) is 1. The highest BCUT2D eigenvalue weighted by atomic mass is 35.5. The number of benzene rings is 1. The van der Waals surface area contributed by atoms with E-state index in [9.17, 15) is 19.5 Å². The van der Waals surface area contributed by atoms with Crippen LogP contribution < -0.4 is 4.90 Å². The number of hydrogen-bond acceptors (Lipinski definition) is 6. The lowest BCUT2D eigenvalue weighted by Crippen LogP contribution is -2.53. The van der Waals surface area contributed by atoms with E-state index in [1.807, 2.05) is 44.2 Å². The van der Waals surface area contributed by atoms with E-state index in [2.05, 4.69) is 6.08 Å². The van der Waals surface area contributed by atoms with E-state index in [4.69, 9.17) is 16.3 Å². The molecule has 1 aromatic carbocycles. The Morgan fingerprint density at radius 3 is 2.72 bits per heavy atom. The average Bonchev–Trinajstić information content (AvgIpc) is 3.18. The molecule has 0 aliphatic carbocycles. The number of ether oxygens (including phenoxy) is 1. The topological polar surface area (TPSA) is 87.2 Å². The summed E-state index contributed by atoms with van der Waals surface area (Å²) in [6, 6.07) is 4.66. The van der Waals surface area contributed by atoms with Gasteiger partial charge >= 0.3 is 5.97 Å². The number of fused-ring (bicyclic) bond motifs is 2. The van der Waals surface area contributed by atoms with Crippen LogP contribution in [0.15, 0.2) is 42.5 Å². The number of likely N-dealkylation sites (tertiary alicyclic amines) is 1. The summed E-state index contributed by atoms with van der Waals surface area (Å²) in [6.07, 6.45) is 9.83. The van der Waals surface area contributed by atoms with E-state index < -0.39 is 33.3 Å². The van der Waals surface area contributed by atoms with Crippen molar-refractivity contribution in [2.24, 2.45) is 11.8 Å². The normalized spacial score (nSPS) is 34.8. The molecule has 0 aromatic heterocycles. The number of carbonyl (C=O) groups is 3. The standard InChI is InChI=1S/C27H31ClN2O5S/c1-17-9-6-10-18(28)21(17)29-13-7-12-27-19(23(32)30(14-8-15-31)22(27)24(29)33)20-25(34)35-16-5-3-4-11-26(20,2)36-27/h4,6-7,9-12,19-20,22,31H,3,5,8,13-16H2,1-2H3/b11-4-/t19-,20+,22?,26-,27-/m0/s1. The molecular weight excluding hydrogens is 500 g/mol. The Morgan fingerprint density at radius 1 is 1.17 bits per heavy atom. The van der Waals surface area contributed by atoms with Crippen LogP contribution in [0.25, 0.3) is 0 Å². The van der Waals surface area contributed by atoms with Crippen LogP contribution in [0.5, 0.6) is 0 Å². The van der Waals surface area contributed by atoms with Gasteiger partial charge in [0.25, 0.3) is 5.91 Å². The fourth-order valence-corrected chi connectivity index (χ4v) is 8.76. The van der Waals surface area contributed by atoms with Gasteiger partial charge in [-0.25, -0.2) is 0 Å². The zero-order chi connectivity index (χ0) is 25.7. The number of esters is 1. The van der Waals surface area contributed by atoms with Crippen molar-refractivity contribution < 1.29 is 24.2 Å². The van der Waals surface area contributed by atoms with Crippen LogP contribution in [-0.4, -0.2) is 69.6 Å². The number of thioether (sulfide) groups is 1. The number of aliphatic hydroxyl groups excluding tert-OH is 1. The zero-order valence-corrected chi connectivity index (χ0v) is 22.1. The van der Waals surface area contributed by atoms with E-state index >= 15 is 0 Å². The predicted octanol–water partition coefficient (Wildman–Crippen LogP) is 3.51. The van der Waals surface area contributed by atoms with E-state index in [1.165, 1.54) is 11.8 Å². The third-order valence-corrected chi connectivity index (χ3v) is 9.87. The Kier molecular flexibility index (Phi) is 6.72. The van der Waals surface area contributed by atoms with Gasteiger partial charge in [0.1, 0.15) is 6.04 Å². The summed E-state index contributed by atoms with van der Waals surface area (Å²) >= 11 is 8.09. The molecule has 1 unspecified atom stereocenters. The molecule has 4 aliphatic rings. The van der Waals surface area contributed by atoms with Crippen LogP contribution in [0.2, 0.25) is 5.02 Å². The van der Waals surface area contributed by atoms with Gasteiger partial charge in [-0.15, -0.1) is 11.8 Å². The van der Waals surface area contributed by atoms with Gasteiger partial charge in [-0.05, 0) is 44.7 Å². The van der Waals surface area contributed by atoms with Gasteiger partial charge in [-0.2, -0.15) is 0 Å². The highest BCUT2D eigenvalue weighted by molar-refractivity contribution is 8.02. The van der Waals surface area contributed by atoms with Crippen LogP contribution in [0.4, 0.5) is 5.69 Å². The highest BCUT2D eigenvalue weighted by Crippen LogP contribution is 2.65. The Labute approximate surface area is 220 Å². The largest absolute Gasteiger partial charge is 0.465 e. The van der Waals surface area contributed by atoms with Crippen molar-refractivity contribution in [3.8, 4) is 0 Å². The molecule has 1 N–H and O–H groups in total. The van der Waals surface area contributed by atoms with Crippen LogP contribution in [0.3, 0.4) is 0 Å². The Bertz CT molecular complexity index is 1130. The fourth-order valence-electron chi connectivity index (χ4n) is 6.28. The molecule has 5 atom stereocenters. The molecule has 4 aliphatic heterocycles. The minimum absolute atomic E-state index is 0.107. The number of aliphatic hydroxyl groups is 1. The van der Waals surface area contributed by atoms with Crippen molar-refractivity contribution in [1.29, 1.82) is 0 Å². The number of rotatable bonds is 4. The SMILES string of the molecule is Cc1cccc(Cl)c1N1CC=C[C@]23S[C@@]4(C)/C=C\CCCOC(=O)[C@H]4[C@H]2C(=O)N(CCCO)C3C1=O. The highest BCUT2D eigenvalue weighted by Gasteiger charge is 2.73. The summed E-state index contributed by atoms with van der Waals surface area (Å²) in [5, 5.41) is 10.0. The van der Waals surface area contributed by atoms with Crippen LogP contribution in [-0.2, 0) is 19.1 Å². The van der Waals surface area contributed by atoms with Gasteiger partial charge in [0.2, 0.25) is 5.91 Å². The van der Waals surface area contributed by atoms with Crippen LogP contribution in [0, 0.1) is 18.8 Å². The van der Waals surface area contributed by atoms with E-state index in [0.29, 0.717) is 30.3 Å². The molecule has 1 spiro atoms. The number of para-hydroxylation sites is 1. The number of cyclic esters (lactones) is 1. The van der Waals surface area contributed by atoms with E-state index in [1.54, 1.807) is 15.9 Å². The molecule has 0 radical (unpaired) electrons. The lowest BCUT2D eigenvalue weighted by atomic mass is 9.74. The molecule has 2 saturated heterocycles. The first-order valence-corrected chi connectivity index (χ1v) is 13.6. The second-order valence-electron chi connectivity index (χ2n) is 10.1. The molecule has 4 heterocycles. The predicted molar refractivity (Wildman–Crippen MR) is 140 cm³/mol. The zero-order valence-electron chi connectivity index (χ0n) is 20.5. The first-order valence-electron chi connectivity index (χ1n) is 12.5. The molecule has 192 valence electrons. The Balaban J connectivity index is 1.66. The number of halogens is 1. The molecule has 0 saturated carbocycles. The quantitative estimate of drug-likeness (QED) is 0.473. The number of allylic oxidation sites excluding steroid dienone is 1. The van der Waals surface area contributed by atoms with Gasteiger partial charge in [0, 0.05) is 24.4 Å². The molecule has 7 nitrogen and oxygen atoms in total. The first kappa shape index (κ1) is 25.4. The van der Waals surface area contributed by atoms with Crippen molar-refractivity contribution in [3.05, 3.63) is 53.1 Å². The molecule has 9 heteroatoms. The summed E-state index contributed by atoms with van der Waals surface area (Å²) in [6.45, 7) is 4.60. The second kappa shape index (κ2) is 9.54. The third kappa shape index (κ3) is 3.80. The van der Waals surface area contributed by atoms with Crippen molar-refractivity contribution in [3.63, 3.8) is 0 Å². The lowest BCUT2D eigenvalue weighted by Gasteiger charge is -2.37. The van der Waals surface area contributed by atoms with Crippen molar-refractivity contribution >= 4 is 46.8 Å². The average molecular weight is 531 g/mol. The molecule has 0 bridgehead atoms. The molecule has 5 rings (SSSR count). The summed E-state index contributed by atoms with van der Waals surface area (Å²) < 4.78 is 3.98. The molecule has 36 heavy (non-hydrogen) atoms.